The molecule has 3 heterocycles. The van der Waals surface area contributed by atoms with Gasteiger partial charge in [-0.3, -0.25) is 0 Å². The van der Waals surface area contributed by atoms with Crippen molar-refractivity contribution in [2.24, 2.45) is 0 Å². The third-order valence-electron chi connectivity index (χ3n) is 25.5. The van der Waals surface area contributed by atoms with Crippen molar-refractivity contribution in [1.82, 2.24) is 13.7 Å². The Balaban J connectivity index is 0.000000112. The van der Waals surface area contributed by atoms with Gasteiger partial charge in [-0.2, -0.15) is 0 Å². The SMILES string of the molecule is CN(c1ccc(-c2ccccc2)cc1)c1ccc(-c2ccc(-n3c4ccccc4c4ccccc43)cc2)cc1.CN(c1ccc2c(c1)C1(c3ccccc3-c3ccccc31)c1ccccc1-2)c1cccc2c(-n3c4ccccc4c4ccccc43)cccc12.CN(c1ccccc1)c1ccc(-c2ccc(-n3c4ccccc4c4ccccc43)cc2)cc1. The van der Waals surface area contributed by atoms with E-state index in [0.717, 1.165) is 11.4 Å². The van der Waals surface area contributed by atoms with Crippen molar-refractivity contribution in [3.63, 3.8) is 0 Å². The van der Waals surface area contributed by atoms with Crippen LogP contribution >= 0.6 is 0 Å². The molecule has 0 bridgehead atoms. The van der Waals surface area contributed by atoms with E-state index in [4.69, 9.17) is 0 Å². The lowest BCUT2D eigenvalue weighted by atomic mass is 9.70. The molecule has 1 spiro atoms. The highest BCUT2D eigenvalue weighted by atomic mass is 15.1. The molecule has 3 aromatic heterocycles. The molecule has 0 atom stereocenters. The summed E-state index contributed by atoms with van der Waals surface area (Å²) < 4.78 is 7.14. The fraction of sp³-hybridized carbons (Fsp3) is 0.0345. The van der Waals surface area contributed by atoms with Crippen LogP contribution in [-0.2, 0) is 5.41 Å². The van der Waals surface area contributed by atoms with Crippen molar-refractivity contribution in [3.8, 4) is 72.7 Å². The van der Waals surface area contributed by atoms with Crippen molar-refractivity contribution in [2.75, 3.05) is 35.8 Å². The molecule has 0 amide bonds. The van der Waals surface area contributed by atoms with Crippen molar-refractivity contribution < 1.29 is 0 Å². The minimum absolute atomic E-state index is 0.363. The first kappa shape index (κ1) is 72.7. The molecule has 578 valence electrons. The maximum absolute atomic E-state index is 2.46. The Kier molecular flexibility index (Phi) is 18.1. The molecule has 6 nitrogen and oxygen atoms in total. The van der Waals surface area contributed by atoms with E-state index in [1.165, 1.54) is 194 Å². The molecular formula is C116H84N6. The van der Waals surface area contributed by atoms with Gasteiger partial charge in [0.25, 0.3) is 0 Å². The summed E-state index contributed by atoms with van der Waals surface area (Å²) in [6.45, 7) is 0. The van der Waals surface area contributed by atoms with Gasteiger partial charge in [0.2, 0.25) is 0 Å². The summed E-state index contributed by atoms with van der Waals surface area (Å²) in [5.41, 5.74) is 35.7. The van der Waals surface area contributed by atoms with Crippen molar-refractivity contribution in [1.29, 1.82) is 0 Å². The summed E-state index contributed by atoms with van der Waals surface area (Å²) in [7, 11) is 6.44. The highest BCUT2D eigenvalue weighted by Crippen LogP contribution is 2.63. The van der Waals surface area contributed by atoms with Gasteiger partial charge < -0.3 is 28.4 Å². The number of aromatic nitrogens is 3. The lowest BCUT2D eigenvalue weighted by molar-refractivity contribution is 0.793. The summed E-state index contributed by atoms with van der Waals surface area (Å²) in [4.78, 5) is 6.81. The van der Waals surface area contributed by atoms with Gasteiger partial charge in [-0.15, -0.1) is 0 Å². The summed E-state index contributed by atoms with van der Waals surface area (Å²) >= 11 is 0. The predicted octanol–water partition coefficient (Wildman–Crippen LogP) is 30.2. The maximum atomic E-state index is 2.46. The standard InChI is InChI=1S/C48H32N2.C37H28N2.C31H24N2/c1-49(44-26-12-20-39-36(44)19-13-27-47(39)50-45-24-10-5-17-37(45)38-18-6-11-25-46(38)50)31-28-29-35-34-16-4-9-23-42(34)48(43(35)30-31)40-21-7-2-14-32(40)33-15-3-8-22-41(33)48;1-38(31-21-15-28(16-22-31)27-9-3-2-4-10-27)32-23-17-29(18-24-32)30-19-25-33(26-20-30)39-36-13-7-5-11-34(36)35-12-6-8-14-37(35)39;1-32(25-9-3-2-4-10-25)26-19-15-23(16-20-26)24-17-21-27(22-18-24)33-30-13-7-5-11-28(30)29-12-6-8-14-31(29)33/h2-30H,1H3;2-26H,1H3;2-22H,1H3. The van der Waals surface area contributed by atoms with Gasteiger partial charge in [-0.1, -0.05) is 322 Å². The third-order valence-corrected chi connectivity index (χ3v) is 25.5. The summed E-state index contributed by atoms with van der Waals surface area (Å²) in [6, 6.07) is 165. The maximum Gasteiger partial charge on any atom is 0.0726 e. The summed E-state index contributed by atoms with van der Waals surface area (Å²) in [5, 5.41) is 10.1. The van der Waals surface area contributed by atoms with Crippen LogP contribution in [0.1, 0.15) is 22.3 Å². The Bertz CT molecular complexity index is 7490. The van der Waals surface area contributed by atoms with Gasteiger partial charge in [0.15, 0.2) is 0 Å². The third kappa shape index (κ3) is 12.2. The quantitative estimate of drug-likeness (QED) is 0.122. The van der Waals surface area contributed by atoms with E-state index in [9.17, 15) is 0 Å². The molecule has 0 aliphatic heterocycles. The number of fused-ring (bicyclic) bond motifs is 20. The molecule has 0 radical (unpaired) electrons. The van der Waals surface area contributed by atoms with Crippen LogP contribution in [0.4, 0.5) is 34.1 Å². The van der Waals surface area contributed by atoms with E-state index in [2.05, 4.69) is 498 Å². The normalized spacial score (nSPS) is 12.1. The van der Waals surface area contributed by atoms with Crippen molar-refractivity contribution in [2.45, 2.75) is 5.41 Å². The number of para-hydroxylation sites is 7. The molecule has 122 heavy (non-hydrogen) atoms. The predicted molar refractivity (Wildman–Crippen MR) is 516 cm³/mol. The zero-order valence-electron chi connectivity index (χ0n) is 68.0. The monoisotopic (exact) mass is 1560 g/mol. The van der Waals surface area contributed by atoms with Crippen molar-refractivity contribution >= 4 is 110 Å². The summed E-state index contributed by atoms with van der Waals surface area (Å²) in [6.07, 6.45) is 0. The first-order chi connectivity index (χ1) is 60.3. The van der Waals surface area contributed by atoms with E-state index < -0.39 is 0 Å². The van der Waals surface area contributed by atoms with Crippen molar-refractivity contribution in [3.05, 3.63) is 477 Å². The lowest BCUT2D eigenvalue weighted by Crippen LogP contribution is -2.26. The topological polar surface area (TPSA) is 24.5 Å². The van der Waals surface area contributed by atoms with E-state index in [1.54, 1.807) is 0 Å². The van der Waals surface area contributed by atoms with Crippen LogP contribution in [0.2, 0.25) is 0 Å². The molecule has 2 aliphatic rings. The molecule has 22 aromatic rings. The van der Waals surface area contributed by atoms with Crippen LogP contribution in [0.15, 0.2) is 455 Å². The highest BCUT2D eigenvalue weighted by Gasteiger charge is 2.51. The number of anilines is 6. The molecule has 0 N–H and O–H groups in total. The van der Waals surface area contributed by atoms with Crippen LogP contribution in [-0.4, -0.2) is 34.8 Å². The average molecular weight is 1560 g/mol. The summed E-state index contributed by atoms with van der Waals surface area (Å²) in [5.74, 6) is 0. The van der Waals surface area contributed by atoms with Gasteiger partial charge >= 0.3 is 0 Å². The smallest absolute Gasteiger partial charge is 0.0726 e. The van der Waals surface area contributed by atoms with E-state index in [0.29, 0.717) is 0 Å². The van der Waals surface area contributed by atoms with E-state index >= 15 is 0 Å². The second kappa shape index (κ2) is 30.3. The van der Waals surface area contributed by atoms with Gasteiger partial charge in [0.1, 0.15) is 0 Å². The number of benzene rings is 19. The number of nitrogens with zero attached hydrogens (tertiary/aromatic N) is 6. The number of rotatable bonds is 12. The first-order valence-electron chi connectivity index (χ1n) is 42.0. The molecule has 2 aliphatic carbocycles. The Hall–Kier alpha value is -15.8. The molecule has 19 aromatic carbocycles. The fourth-order valence-electron chi connectivity index (χ4n) is 19.6. The Morgan fingerprint density at radius 1 is 0.180 bits per heavy atom. The Labute approximate surface area is 710 Å². The van der Waals surface area contributed by atoms with Crippen LogP contribution in [0.5, 0.6) is 0 Å². The minimum atomic E-state index is -0.363. The molecule has 6 heteroatoms. The molecular weight excluding hydrogens is 1480 g/mol. The van der Waals surface area contributed by atoms with E-state index in [1.807, 2.05) is 6.07 Å². The largest absolute Gasteiger partial charge is 0.345 e. The van der Waals surface area contributed by atoms with Gasteiger partial charge in [-0.25, -0.2) is 0 Å². The lowest BCUT2D eigenvalue weighted by Gasteiger charge is -2.31. The zero-order chi connectivity index (χ0) is 81.4. The molecule has 0 fully saturated rings. The molecule has 0 saturated heterocycles. The average Bonchev–Trinajstić information content (AvgIpc) is 1.51. The van der Waals surface area contributed by atoms with E-state index in [-0.39, 0.29) is 5.41 Å². The van der Waals surface area contributed by atoms with Gasteiger partial charge in [-0.05, 0) is 211 Å². The molecule has 0 unspecified atom stereocenters. The van der Waals surface area contributed by atoms with Gasteiger partial charge in [0.05, 0.1) is 44.2 Å². The molecule has 24 rings (SSSR count). The van der Waals surface area contributed by atoms with Crippen LogP contribution in [0, 0.1) is 0 Å². The zero-order valence-corrected chi connectivity index (χ0v) is 68.0. The second-order valence-corrected chi connectivity index (χ2v) is 32.0. The number of hydrogen-bond donors (Lipinski definition) is 0. The number of hydrogen-bond acceptors (Lipinski definition) is 3. The molecule has 0 saturated carbocycles. The highest BCUT2D eigenvalue weighted by molar-refractivity contribution is 6.13. The fourth-order valence-corrected chi connectivity index (χ4v) is 19.6. The van der Waals surface area contributed by atoms with Gasteiger partial charge in [0, 0.05) is 110 Å². The Morgan fingerprint density at radius 3 is 0.852 bits per heavy atom. The van der Waals surface area contributed by atoms with Crippen LogP contribution in [0.25, 0.3) is 149 Å². The van der Waals surface area contributed by atoms with Crippen LogP contribution in [0.3, 0.4) is 0 Å². The minimum Gasteiger partial charge on any atom is -0.345 e. The second-order valence-electron chi connectivity index (χ2n) is 32.0. The first-order valence-corrected chi connectivity index (χ1v) is 42.0. The Morgan fingerprint density at radius 2 is 0.459 bits per heavy atom. The van der Waals surface area contributed by atoms with Crippen LogP contribution < -0.4 is 14.7 Å².